The Kier molecular flexibility index (Phi) is 3.57. The molecule has 4 rings (SSSR count). The second kappa shape index (κ2) is 5.32. The fourth-order valence-corrected chi connectivity index (χ4v) is 6.89. The van der Waals surface area contributed by atoms with Gasteiger partial charge in [-0.1, -0.05) is 19.4 Å². The van der Waals surface area contributed by atoms with Crippen LogP contribution in [0.4, 0.5) is 0 Å². The average Bonchev–Trinajstić information content (AvgIpc) is 2.85. The molecule has 4 aliphatic carbocycles. The van der Waals surface area contributed by atoms with Gasteiger partial charge in [-0.25, -0.2) is 0 Å². The van der Waals surface area contributed by atoms with Crippen molar-refractivity contribution in [2.45, 2.75) is 65.2 Å². The predicted octanol–water partition coefficient (Wildman–Crippen LogP) is 4.34. The summed E-state index contributed by atoms with van der Waals surface area (Å²) in [5, 5.41) is 0. The number of fused-ring (bicyclic) bond motifs is 5. The van der Waals surface area contributed by atoms with Gasteiger partial charge >= 0.3 is 0 Å². The molecule has 5 unspecified atom stereocenters. The molecule has 3 fully saturated rings. The summed E-state index contributed by atoms with van der Waals surface area (Å²) in [5.74, 6) is 5.71. The van der Waals surface area contributed by atoms with Crippen LogP contribution < -0.4 is 0 Å². The number of hydrogen-bond acceptors (Lipinski definition) is 2. The van der Waals surface area contributed by atoms with E-state index in [0.717, 1.165) is 44.9 Å². The van der Waals surface area contributed by atoms with E-state index >= 15 is 0 Å². The zero-order chi connectivity index (χ0) is 17.1. The third-order valence-corrected chi connectivity index (χ3v) is 8.19. The highest BCUT2D eigenvalue weighted by atomic mass is 16.1. The van der Waals surface area contributed by atoms with Crippen LogP contribution in [0.1, 0.15) is 65.2 Å². The summed E-state index contributed by atoms with van der Waals surface area (Å²) in [4.78, 5) is 24.6. The molecule has 4 aliphatic rings. The summed E-state index contributed by atoms with van der Waals surface area (Å²) >= 11 is 0. The zero-order valence-electron chi connectivity index (χ0n) is 14.9. The molecule has 0 bridgehead atoms. The molecule has 3 saturated carbocycles. The van der Waals surface area contributed by atoms with E-state index in [0.29, 0.717) is 35.9 Å². The van der Waals surface area contributed by atoms with Crippen molar-refractivity contribution in [1.82, 2.24) is 0 Å². The molecule has 0 aromatic carbocycles. The summed E-state index contributed by atoms with van der Waals surface area (Å²) in [5.41, 5.74) is 1.36. The number of carbonyl (C=O) groups excluding carboxylic acids is 2. The normalized spacial score (nSPS) is 47.3. The topological polar surface area (TPSA) is 34.1 Å². The van der Waals surface area contributed by atoms with E-state index in [4.69, 9.17) is 6.42 Å². The van der Waals surface area contributed by atoms with E-state index in [9.17, 15) is 9.59 Å². The molecule has 0 N–H and O–H groups in total. The van der Waals surface area contributed by atoms with Gasteiger partial charge in [0.15, 0.2) is 5.78 Å². The van der Waals surface area contributed by atoms with Crippen LogP contribution >= 0.6 is 0 Å². The standard InChI is InChI=1S/C22H28O2/c1-4-5-14-12-16-17-6-7-20(24)22(17,3)11-9-18(16)21(2)10-8-15(23)13-19(14)21/h1,13-14,16-18H,5-12H2,2-3H3/t14-,16?,17?,18?,21?,22?/m1/s1. The van der Waals surface area contributed by atoms with Gasteiger partial charge in [0.05, 0.1) is 0 Å². The lowest BCUT2D eigenvalue weighted by molar-refractivity contribution is -0.133. The second-order valence-corrected chi connectivity index (χ2v) is 9.12. The van der Waals surface area contributed by atoms with Gasteiger partial charge in [-0.15, -0.1) is 12.3 Å². The lowest BCUT2D eigenvalue weighted by Crippen LogP contribution is -2.52. The largest absolute Gasteiger partial charge is 0.299 e. The molecule has 0 aromatic heterocycles. The van der Waals surface area contributed by atoms with Crippen molar-refractivity contribution in [1.29, 1.82) is 0 Å². The van der Waals surface area contributed by atoms with Gasteiger partial charge < -0.3 is 0 Å². The van der Waals surface area contributed by atoms with Crippen LogP contribution in [-0.2, 0) is 9.59 Å². The van der Waals surface area contributed by atoms with Crippen molar-refractivity contribution in [3.8, 4) is 12.3 Å². The van der Waals surface area contributed by atoms with Crippen molar-refractivity contribution < 1.29 is 9.59 Å². The molecule has 0 amide bonds. The highest BCUT2D eigenvalue weighted by Crippen LogP contribution is 2.65. The molecule has 6 atom stereocenters. The third-order valence-electron chi connectivity index (χ3n) is 8.19. The van der Waals surface area contributed by atoms with Gasteiger partial charge in [0.1, 0.15) is 5.78 Å². The number of carbonyl (C=O) groups is 2. The Morgan fingerprint density at radius 1 is 1.12 bits per heavy atom. The van der Waals surface area contributed by atoms with Crippen molar-refractivity contribution >= 4 is 11.6 Å². The Bertz CT molecular complexity index is 666. The summed E-state index contributed by atoms with van der Waals surface area (Å²) < 4.78 is 0. The molecule has 0 radical (unpaired) electrons. The first-order chi connectivity index (χ1) is 11.4. The van der Waals surface area contributed by atoms with E-state index in [1.807, 2.05) is 6.08 Å². The summed E-state index contributed by atoms with van der Waals surface area (Å²) in [7, 11) is 0. The molecular weight excluding hydrogens is 296 g/mol. The lowest BCUT2D eigenvalue weighted by atomic mass is 9.45. The van der Waals surface area contributed by atoms with Crippen LogP contribution in [0.15, 0.2) is 11.6 Å². The monoisotopic (exact) mass is 324 g/mol. The highest BCUT2D eigenvalue weighted by Gasteiger charge is 2.60. The second-order valence-electron chi connectivity index (χ2n) is 9.12. The van der Waals surface area contributed by atoms with Gasteiger partial charge in [-0.3, -0.25) is 9.59 Å². The smallest absolute Gasteiger partial charge is 0.155 e. The number of terminal acetylenes is 1. The van der Waals surface area contributed by atoms with E-state index in [1.165, 1.54) is 5.57 Å². The predicted molar refractivity (Wildman–Crippen MR) is 94.0 cm³/mol. The average molecular weight is 324 g/mol. The quantitative estimate of drug-likeness (QED) is 0.673. The van der Waals surface area contributed by atoms with E-state index in [2.05, 4.69) is 19.8 Å². The summed E-state index contributed by atoms with van der Waals surface area (Å²) in [6.45, 7) is 4.60. The van der Waals surface area contributed by atoms with Crippen LogP contribution in [0.5, 0.6) is 0 Å². The van der Waals surface area contributed by atoms with Gasteiger partial charge in [0, 0.05) is 24.7 Å². The van der Waals surface area contributed by atoms with Crippen molar-refractivity contribution in [2.75, 3.05) is 0 Å². The lowest BCUT2D eigenvalue weighted by Gasteiger charge is -2.58. The number of Topliss-reactive ketones (excluding diaryl/α,β-unsaturated/α-hetero) is 1. The number of ketones is 2. The Hall–Kier alpha value is -1.36. The maximum Gasteiger partial charge on any atom is 0.155 e. The van der Waals surface area contributed by atoms with Crippen LogP contribution in [0.25, 0.3) is 0 Å². The maximum atomic E-state index is 12.5. The first-order valence-electron chi connectivity index (χ1n) is 9.62. The Morgan fingerprint density at radius 2 is 1.88 bits per heavy atom. The Balaban J connectivity index is 1.76. The fourth-order valence-electron chi connectivity index (χ4n) is 6.89. The van der Waals surface area contributed by atoms with E-state index in [1.54, 1.807) is 0 Å². The Morgan fingerprint density at radius 3 is 2.62 bits per heavy atom. The van der Waals surface area contributed by atoms with Crippen LogP contribution in [0.3, 0.4) is 0 Å². The van der Waals surface area contributed by atoms with Crippen molar-refractivity contribution in [2.24, 2.45) is 34.5 Å². The molecule has 0 heterocycles. The molecular formula is C22H28O2. The first kappa shape index (κ1) is 16.1. The van der Waals surface area contributed by atoms with Gasteiger partial charge in [0.25, 0.3) is 0 Å². The molecule has 128 valence electrons. The minimum atomic E-state index is -0.0933. The zero-order valence-corrected chi connectivity index (χ0v) is 14.9. The number of rotatable bonds is 1. The number of allylic oxidation sites excluding steroid dienone is 1. The SMILES string of the molecule is C#CC[C@@H]1CC2C3CCC(=O)C3(C)CCC2C2(C)CCC(=O)C=C12. The minimum absolute atomic E-state index is 0.0933. The summed E-state index contributed by atoms with van der Waals surface area (Å²) in [6, 6.07) is 0. The van der Waals surface area contributed by atoms with Gasteiger partial charge in [-0.2, -0.15) is 0 Å². The van der Waals surface area contributed by atoms with Gasteiger partial charge in [-0.05, 0) is 67.3 Å². The van der Waals surface area contributed by atoms with Crippen molar-refractivity contribution in [3.63, 3.8) is 0 Å². The maximum absolute atomic E-state index is 12.5. The van der Waals surface area contributed by atoms with E-state index < -0.39 is 0 Å². The molecule has 2 nitrogen and oxygen atoms in total. The molecule has 2 heteroatoms. The molecule has 0 spiro atoms. The molecule has 24 heavy (non-hydrogen) atoms. The molecule has 0 aromatic rings. The highest BCUT2D eigenvalue weighted by molar-refractivity contribution is 5.92. The third kappa shape index (κ3) is 2.03. The van der Waals surface area contributed by atoms with Crippen LogP contribution in [0, 0.1) is 46.8 Å². The fraction of sp³-hybridized carbons (Fsp3) is 0.727. The van der Waals surface area contributed by atoms with Crippen molar-refractivity contribution in [3.05, 3.63) is 11.6 Å². The molecule has 0 aliphatic heterocycles. The molecule has 0 saturated heterocycles. The van der Waals surface area contributed by atoms with E-state index in [-0.39, 0.29) is 16.6 Å². The minimum Gasteiger partial charge on any atom is -0.299 e. The summed E-state index contributed by atoms with van der Waals surface area (Å²) in [6.07, 6.45) is 15.1. The number of hydrogen-bond donors (Lipinski definition) is 0. The van der Waals surface area contributed by atoms with Gasteiger partial charge in [0.2, 0.25) is 0 Å². The Labute approximate surface area is 145 Å². The first-order valence-corrected chi connectivity index (χ1v) is 9.62. The van der Waals surface area contributed by atoms with Crippen LogP contribution in [0.2, 0.25) is 0 Å². The van der Waals surface area contributed by atoms with Crippen LogP contribution in [-0.4, -0.2) is 11.6 Å².